The summed E-state index contributed by atoms with van der Waals surface area (Å²) in [6.07, 6.45) is -0.867. The lowest BCUT2D eigenvalue weighted by Crippen LogP contribution is -2.29. The van der Waals surface area contributed by atoms with Crippen molar-refractivity contribution < 1.29 is 14.3 Å². The number of carbonyl (C=O) groups is 2. The molecule has 0 saturated carbocycles. The number of amides is 2. The largest absolute Gasteiger partial charge is 0.448 e. The highest BCUT2D eigenvalue weighted by Crippen LogP contribution is 2.08. The third-order valence-corrected chi connectivity index (χ3v) is 2.46. The SMILES string of the molecule is NCc1nc(C(=O)NCCOC(N)=O)cs1. The molecule has 0 aliphatic carbocycles. The lowest BCUT2D eigenvalue weighted by atomic mass is 10.4. The zero-order chi connectivity index (χ0) is 12.0. The summed E-state index contributed by atoms with van der Waals surface area (Å²) in [7, 11) is 0. The van der Waals surface area contributed by atoms with Crippen molar-refractivity contribution in [3.05, 3.63) is 16.1 Å². The maximum atomic E-state index is 11.4. The Morgan fingerprint density at radius 1 is 1.56 bits per heavy atom. The first-order valence-corrected chi connectivity index (χ1v) is 5.36. The van der Waals surface area contributed by atoms with Crippen LogP contribution < -0.4 is 16.8 Å². The average molecular weight is 244 g/mol. The van der Waals surface area contributed by atoms with Gasteiger partial charge in [0.05, 0.1) is 6.54 Å². The Labute approximate surface area is 95.8 Å². The number of primary amides is 1. The van der Waals surface area contributed by atoms with Crippen molar-refractivity contribution in [2.24, 2.45) is 11.5 Å². The molecular formula is C8H12N4O3S. The molecule has 2 amide bonds. The van der Waals surface area contributed by atoms with Crippen LogP contribution in [-0.4, -0.2) is 30.1 Å². The van der Waals surface area contributed by atoms with Crippen LogP contribution in [0.15, 0.2) is 5.38 Å². The van der Waals surface area contributed by atoms with Crippen molar-refractivity contribution in [1.29, 1.82) is 0 Å². The Bertz CT molecular complexity index is 379. The molecule has 0 atom stereocenters. The normalized spacial score (nSPS) is 9.81. The van der Waals surface area contributed by atoms with Gasteiger partial charge in [-0.25, -0.2) is 9.78 Å². The van der Waals surface area contributed by atoms with E-state index < -0.39 is 6.09 Å². The number of carbonyl (C=O) groups excluding carboxylic acids is 2. The quantitative estimate of drug-likeness (QED) is 0.599. The second kappa shape index (κ2) is 6.03. The molecule has 1 aromatic heterocycles. The molecule has 1 heterocycles. The summed E-state index contributed by atoms with van der Waals surface area (Å²) in [6, 6.07) is 0. The summed E-state index contributed by atoms with van der Waals surface area (Å²) >= 11 is 1.32. The molecule has 7 nitrogen and oxygen atoms in total. The zero-order valence-corrected chi connectivity index (χ0v) is 9.25. The second-order valence-electron chi connectivity index (χ2n) is 2.75. The van der Waals surface area contributed by atoms with Gasteiger partial charge >= 0.3 is 6.09 Å². The molecule has 5 N–H and O–H groups in total. The first-order chi connectivity index (χ1) is 7.63. The van der Waals surface area contributed by atoms with E-state index in [1.807, 2.05) is 0 Å². The molecule has 0 fully saturated rings. The van der Waals surface area contributed by atoms with Crippen LogP contribution in [0.5, 0.6) is 0 Å². The van der Waals surface area contributed by atoms with Gasteiger partial charge in [0.25, 0.3) is 5.91 Å². The van der Waals surface area contributed by atoms with Crippen LogP contribution in [0.1, 0.15) is 15.5 Å². The van der Waals surface area contributed by atoms with Gasteiger partial charge in [-0.2, -0.15) is 0 Å². The second-order valence-corrected chi connectivity index (χ2v) is 3.70. The number of nitrogens with zero attached hydrogens (tertiary/aromatic N) is 1. The molecule has 0 aliphatic rings. The van der Waals surface area contributed by atoms with Crippen molar-refractivity contribution in [2.75, 3.05) is 13.2 Å². The van der Waals surface area contributed by atoms with E-state index >= 15 is 0 Å². The van der Waals surface area contributed by atoms with Gasteiger partial charge in [-0.3, -0.25) is 4.79 Å². The van der Waals surface area contributed by atoms with Crippen molar-refractivity contribution in [3.8, 4) is 0 Å². The molecule has 1 aromatic rings. The van der Waals surface area contributed by atoms with Crippen LogP contribution in [0.2, 0.25) is 0 Å². The number of ether oxygens (including phenoxy) is 1. The molecule has 0 spiro atoms. The lowest BCUT2D eigenvalue weighted by molar-refractivity contribution is 0.0932. The number of aromatic nitrogens is 1. The minimum Gasteiger partial charge on any atom is -0.448 e. The minimum absolute atomic E-state index is 0.0367. The van der Waals surface area contributed by atoms with Gasteiger partial charge in [0, 0.05) is 11.9 Å². The third-order valence-electron chi connectivity index (χ3n) is 1.59. The van der Waals surface area contributed by atoms with Crippen LogP contribution >= 0.6 is 11.3 Å². The van der Waals surface area contributed by atoms with E-state index in [0.29, 0.717) is 17.2 Å². The summed E-state index contributed by atoms with van der Waals surface area (Å²) in [5, 5.41) is 4.83. The number of nitrogens with two attached hydrogens (primary N) is 2. The fourth-order valence-corrected chi connectivity index (χ4v) is 1.57. The number of nitrogens with one attached hydrogen (secondary N) is 1. The maximum absolute atomic E-state index is 11.4. The highest BCUT2D eigenvalue weighted by atomic mass is 32.1. The van der Waals surface area contributed by atoms with Gasteiger partial charge in [-0.1, -0.05) is 0 Å². The van der Waals surface area contributed by atoms with Gasteiger partial charge in [-0.05, 0) is 0 Å². The van der Waals surface area contributed by atoms with Crippen molar-refractivity contribution in [2.45, 2.75) is 6.54 Å². The Morgan fingerprint density at radius 2 is 2.31 bits per heavy atom. The summed E-state index contributed by atoms with van der Waals surface area (Å²) in [5.41, 5.74) is 10.4. The molecular weight excluding hydrogens is 232 g/mol. The molecule has 16 heavy (non-hydrogen) atoms. The van der Waals surface area contributed by atoms with Gasteiger partial charge in [0.2, 0.25) is 0 Å². The lowest BCUT2D eigenvalue weighted by Gasteiger charge is -2.02. The van der Waals surface area contributed by atoms with E-state index in [1.165, 1.54) is 11.3 Å². The Morgan fingerprint density at radius 3 is 2.88 bits per heavy atom. The summed E-state index contributed by atoms with van der Waals surface area (Å²) in [6.45, 7) is 0.537. The van der Waals surface area contributed by atoms with Crippen LogP contribution in [0.4, 0.5) is 4.79 Å². The summed E-state index contributed by atoms with van der Waals surface area (Å²) in [4.78, 5) is 25.6. The number of rotatable bonds is 5. The molecule has 0 unspecified atom stereocenters. The molecule has 8 heteroatoms. The Hall–Kier alpha value is -1.67. The van der Waals surface area contributed by atoms with E-state index in [-0.39, 0.29) is 19.1 Å². The average Bonchev–Trinajstić information content (AvgIpc) is 2.72. The number of hydrogen-bond acceptors (Lipinski definition) is 6. The Kier molecular flexibility index (Phi) is 4.67. The first kappa shape index (κ1) is 12.4. The molecule has 0 radical (unpaired) electrons. The van der Waals surface area contributed by atoms with Crippen molar-refractivity contribution >= 4 is 23.3 Å². The predicted octanol–water partition coefficient (Wildman–Crippen LogP) is -0.573. The standard InChI is InChI=1S/C8H12N4O3S/c9-3-6-12-5(4-16-6)7(13)11-1-2-15-8(10)14/h4H,1-3,9H2,(H2,10,14)(H,11,13). The van der Waals surface area contributed by atoms with Crippen molar-refractivity contribution in [1.82, 2.24) is 10.3 Å². The monoisotopic (exact) mass is 244 g/mol. The molecule has 1 rings (SSSR count). The van der Waals surface area contributed by atoms with Crippen LogP contribution in [-0.2, 0) is 11.3 Å². The minimum atomic E-state index is -0.867. The van der Waals surface area contributed by atoms with Crippen molar-refractivity contribution in [3.63, 3.8) is 0 Å². The molecule has 0 bridgehead atoms. The van der Waals surface area contributed by atoms with E-state index in [0.717, 1.165) is 0 Å². The van der Waals surface area contributed by atoms with Gasteiger partial charge < -0.3 is 21.5 Å². The van der Waals surface area contributed by atoms with E-state index in [9.17, 15) is 9.59 Å². The molecule has 0 aromatic carbocycles. The van der Waals surface area contributed by atoms with E-state index in [1.54, 1.807) is 5.38 Å². The predicted molar refractivity (Wildman–Crippen MR) is 57.9 cm³/mol. The molecule has 0 aliphatic heterocycles. The van der Waals surface area contributed by atoms with E-state index in [4.69, 9.17) is 11.5 Å². The topological polar surface area (TPSA) is 120 Å². The first-order valence-electron chi connectivity index (χ1n) is 4.48. The zero-order valence-electron chi connectivity index (χ0n) is 8.43. The summed E-state index contributed by atoms with van der Waals surface area (Å²) in [5.74, 6) is -0.330. The fraction of sp³-hybridized carbons (Fsp3) is 0.375. The smallest absolute Gasteiger partial charge is 0.404 e. The summed E-state index contributed by atoms with van der Waals surface area (Å²) < 4.78 is 4.44. The fourth-order valence-electron chi connectivity index (χ4n) is 0.916. The molecule has 0 saturated heterocycles. The molecule has 88 valence electrons. The van der Waals surface area contributed by atoms with Crippen LogP contribution in [0.25, 0.3) is 0 Å². The highest BCUT2D eigenvalue weighted by Gasteiger charge is 2.09. The third kappa shape index (κ3) is 3.83. The number of hydrogen-bond donors (Lipinski definition) is 3. The number of thiazole rings is 1. The van der Waals surface area contributed by atoms with Gasteiger partial charge in [0.1, 0.15) is 17.3 Å². The highest BCUT2D eigenvalue weighted by molar-refractivity contribution is 7.09. The van der Waals surface area contributed by atoms with Gasteiger partial charge in [-0.15, -0.1) is 11.3 Å². The van der Waals surface area contributed by atoms with E-state index in [2.05, 4.69) is 15.0 Å². The Balaban J connectivity index is 2.32. The van der Waals surface area contributed by atoms with Gasteiger partial charge in [0.15, 0.2) is 0 Å². The van der Waals surface area contributed by atoms with Crippen LogP contribution in [0.3, 0.4) is 0 Å². The maximum Gasteiger partial charge on any atom is 0.404 e. The van der Waals surface area contributed by atoms with Crippen LogP contribution in [0, 0.1) is 0 Å².